The lowest BCUT2D eigenvalue weighted by atomic mass is 10.2. The van der Waals surface area contributed by atoms with Crippen LogP contribution in [0.4, 0.5) is 5.69 Å². The number of rotatable bonds is 6. The van der Waals surface area contributed by atoms with Crippen molar-refractivity contribution >= 4 is 17.5 Å². The first-order valence-corrected chi connectivity index (χ1v) is 7.85. The first kappa shape index (κ1) is 17.2. The zero-order valence-corrected chi connectivity index (χ0v) is 13.4. The molecule has 1 heterocycles. The number of morpholine rings is 1. The molecule has 0 saturated carbocycles. The van der Waals surface area contributed by atoms with Crippen LogP contribution < -0.4 is 10.6 Å². The Morgan fingerprint density at radius 1 is 1.22 bits per heavy atom. The summed E-state index contributed by atoms with van der Waals surface area (Å²) in [5.74, 6) is -0.292. The van der Waals surface area contributed by atoms with Crippen LogP contribution in [0.3, 0.4) is 0 Å². The van der Waals surface area contributed by atoms with Crippen molar-refractivity contribution < 1.29 is 14.3 Å². The van der Waals surface area contributed by atoms with Gasteiger partial charge in [0.25, 0.3) is 5.91 Å². The molecule has 2 N–H and O–H groups in total. The molecule has 6 nitrogen and oxygen atoms in total. The molecule has 6 heteroatoms. The third kappa shape index (κ3) is 5.84. The van der Waals surface area contributed by atoms with Gasteiger partial charge < -0.3 is 15.4 Å². The molecule has 1 aromatic carbocycles. The van der Waals surface area contributed by atoms with E-state index in [1.807, 2.05) is 13.0 Å². The SMILES string of the molecule is CCNC(=O)c1ccc(NC(=O)C=CCN2CCOCC2)cc1. The topological polar surface area (TPSA) is 70.7 Å². The van der Waals surface area contributed by atoms with Gasteiger partial charge in [-0.25, -0.2) is 0 Å². The average Bonchev–Trinajstić information content (AvgIpc) is 2.57. The fraction of sp³-hybridized carbons (Fsp3) is 0.412. The minimum Gasteiger partial charge on any atom is -0.379 e. The standard InChI is InChI=1S/C17H23N3O3/c1-2-18-17(22)14-5-7-15(8-6-14)19-16(21)4-3-9-20-10-12-23-13-11-20/h3-8H,2,9-13H2,1H3,(H,18,22)(H,19,21). The van der Waals surface area contributed by atoms with Gasteiger partial charge in [-0.15, -0.1) is 0 Å². The lowest BCUT2D eigenvalue weighted by molar-refractivity contribution is -0.111. The van der Waals surface area contributed by atoms with E-state index in [1.54, 1.807) is 24.3 Å². The minimum atomic E-state index is -0.177. The van der Waals surface area contributed by atoms with Crippen LogP contribution in [-0.4, -0.2) is 56.1 Å². The molecule has 0 radical (unpaired) electrons. The van der Waals surface area contributed by atoms with Gasteiger partial charge in [0.1, 0.15) is 0 Å². The van der Waals surface area contributed by atoms with Gasteiger partial charge in [0.15, 0.2) is 0 Å². The van der Waals surface area contributed by atoms with Crippen molar-refractivity contribution in [1.29, 1.82) is 0 Å². The molecule has 1 fully saturated rings. The number of carbonyl (C=O) groups excluding carboxylic acids is 2. The summed E-state index contributed by atoms with van der Waals surface area (Å²) in [4.78, 5) is 25.7. The van der Waals surface area contributed by atoms with Crippen molar-refractivity contribution in [3.63, 3.8) is 0 Å². The number of hydrogen-bond donors (Lipinski definition) is 2. The van der Waals surface area contributed by atoms with E-state index in [0.717, 1.165) is 32.8 Å². The van der Waals surface area contributed by atoms with Gasteiger partial charge in [0.05, 0.1) is 13.2 Å². The van der Waals surface area contributed by atoms with Crippen LogP contribution in [-0.2, 0) is 9.53 Å². The normalized spacial score (nSPS) is 15.5. The van der Waals surface area contributed by atoms with Crippen molar-refractivity contribution in [1.82, 2.24) is 10.2 Å². The molecule has 124 valence electrons. The molecule has 2 amide bonds. The number of anilines is 1. The zero-order chi connectivity index (χ0) is 16.5. The lowest BCUT2D eigenvalue weighted by Gasteiger charge is -2.24. The fourth-order valence-corrected chi connectivity index (χ4v) is 2.24. The van der Waals surface area contributed by atoms with E-state index in [0.29, 0.717) is 17.8 Å². The van der Waals surface area contributed by atoms with Crippen LogP contribution in [0.5, 0.6) is 0 Å². The molecule has 0 atom stereocenters. The predicted molar refractivity (Wildman–Crippen MR) is 89.5 cm³/mol. The molecule has 0 bridgehead atoms. The largest absolute Gasteiger partial charge is 0.379 e. The molecule has 2 rings (SSSR count). The Bertz CT molecular complexity index is 549. The van der Waals surface area contributed by atoms with Crippen LogP contribution in [0.1, 0.15) is 17.3 Å². The number of benzene rings is 1. The molecule has 0 unspecified atom stereocenters. The van der Waals surface area contributed by atoms with Gasteiger partial charge >= 0.3 is 0 Å². The number of nitrogens with one attached hydrogen (secondary N) is 2. The van der Waals surface area contributed by atoms with E-state index in [4.69, 9.17) is 4.74 Å². The van der Waals surface area contributed by atoms with Crippen molar-refractivity contribution in [2.75, 3.05) is 44.7 Å². The third-order valence-corrected chi connectivity index (χ3v) is 3.49. The van der Waals surface area contributed by atoms with E-state index >= 15 is 0 Å². The highest BCUT2D eigenvalue weighted by Crippen LogP contribution is 2.09. The summed E-state index contributed by atoms with van der Waals surface area (Å²) in [6.07, 6.45) is 3.39. The monoisotopic (exact) mass is 317 g/mol. The lowest BCUT2D eigenvalue weighted by Crippen LogP contribution is -2.36. The van der Waals surface area contributed by atoms with E-state index in [1.165, 1.54) is 6.08 Å². The van der Waals surface area contributed by atoms with Gasteiger partial charge in [-0.3, -0.25) is 14.5 Å². The number of hydrogen-bond acceptors (Lipinski definition) is 4. The Morgan fingerprint density at radius 3 is 2.57 bits per heavy atom. The van der Waals surface area contributed by atoms with Gasteiger partial charge in [-0.05, 0) is 31.2 Å². The maximum atomic E-state index is 11.9. The molecule has 1 saturated heterocycles. The summed E-state index contributed by atoms with van der Waals surface area (Å²) in [6, 6.07) is 6.83. The fourth-order valence-electron chi connectivity index (χ4n) is 2.24. The van der Waals surface area contributed by atoms with Gasteiger partial charge in [-0.2, -0.15) is 0 Å². The van der Waals surface area contributed by atoms with E-state index < -0.39 is 0 Å². The van der Waals surface area contributed by atoms with Crippen LogP contribution in [0.25, 0.3) is 0 Å². The van der Waals surface area contributed by atoms with Crippen LogP contribution >= 0.6 is 0 Å². The van der Waals surface area contributed by atoms with Crippen LogP contribution in [0.15, 0.2) is 36.4 Å². The number of amides is 2. The second kappa shape index (κ2) is 9.07. The molecular weight excluding hydrogens is 294 g/mol. The van der Waals surface area contributed by atoms with Gasteiger partial charge in [0, 0.05) is 43.5 Å². The van der Waals surface area contributed by atoms with E-state index in [9.17, 15) is 9.59 Å². The quantitative estimate of drug-likeness (QED) is 0.775. The summed E-state index contributed by atoms with van der Waals surface area (Å²) < 4.78 is 5.27. The Morgan fingerprint density at radius 2 is 1.91 bits per heavy atom. The Balaban J connectivity index is 1.79. The molecule has 0 aromatic heterocycles. The van der Waals surface area contributed by atoms with Crippen LogP contribution in [0, 0.1) is 0 Å². The summed E-state index contributed by atoms with van der Waals surface area (Å²) in [5, 5.41) is 5.51. The summed E-state index contributed by atoms with van der Waals surface area (Å²) in [7, 11) is 0. The number of ether oxygens (including phenoxy) is 1. The van der Waals surface area contributed by atoms with Crippen molar-refractivity contribution in [3.05, 3.63) is 42.0 Å². The third-order valence-electron chi connectivity index (χ3n) is 3.49. The summed E-state index contributed by atoms with van der Waals surface area (Å²) in [5.41, 5.74) is 1.24. The minimum absolute atomic E-state index is 0.115. The highest BCUT2D eigenvalue weighted by molar-refractivity contribution is 6.00. The Kier molecular flexibility index (Phi) is 6.77. The second-order valence-corrected chi connectivity index (χ2v) is 5.24. The van der Waals surface area contributed by atoms with Crippen molar-refractivity contribution in [3.8, 4) is 0 Å². The first-order valence-electron chi connectivity index (χ1n) is 7.85. The average molecular weight is 317 g/mol. The second-order valence-electron chi connectivity index (χ2n) is 5.24. The highest BCUT2D eigenvalue weighted by Gasteiger charge is 2.08. The molecule has 1 aromatic rings. The van der Waals surface area contributed by atoms with E-state index in [-0.39, 0.29) is 11.8 Å². The Hall–Kier alpha value is -2.18. The Labute approximate surface area is 136 Å². The van der Waals surface area contributed by atoms with E-state index in [2.05, 4.69) is 15.5 Å². The van der Waals surface area contributed by atoms with Gasteiger partial charge in [-0.1, -0.05) is 6.08 Å². The number of carbonyl (C=O) groups is 2. The summed E-state index contributed by atoms with van der Waals surface area (Å²) >= 11 is 0. The zero-order valence-electron chi connectivity index (χ0n) is 13.4. The van der Waals surface area contributed by atoms with Gasteiger partial charge in [0.2, 0.25) is 5.91 Å². The molecular formula is C17H23N3O3. The van der Waals surface area contributed by atoms with Crippen LogP contribution in [0.2, 0.25) is 0 Å². The van der Waals surface area contributed by atoms with Crippen molar-refractivity contribution in [2.45, 2.75) is 6.92 Å². The molecule has 1 aliphatic rings. The molecule has 0 aliphatic carbocycles. The first-order chi connectivity index (χ1) is 11.2. The molecule has 0 spiro atoms. The smallest absolute Gasteiger partial charge is 0.251 e. The number of nitrogens with zero attached hydrogens (tertiary/aromatic N) is 1. The van der Waals surface area contributed by atoms with Crippen molar-refractivity contribution in [2.24, 2.45) is 0 Å². The maximum absolute atomic E-state index is 11.9. The predicted octanol–water partition coefficient (Wildman–Crippen LogP) is 1.26. The summed E-state index contributed by atoms with van der Waals surface area (Å²) in [6.45, 7) is 6.49. The maximum Gasteiger partial charge on any atom is 0.251 e. The molecule has 1 aliphatic heterocycles. The molecule has 23 heavy (non-hydrogen) atoms. The highest BCUT2D eigenvalue weighted by atomic mass is 16.5.